The van der Waals surface area contributed by atoms with Gasteiger partial charge in [-0.15, -0.1) is 0 Å². The first-order chi connectivity index (χ1) is 8.20. The fraction of sp³-hybridized carbons (Fsp3) is 0.750. The zero-order valence-corrected chi connectivity index (χ0v) is 9.15. The van der Waals surface area contributed by atoms with Crippen LogP contribution < -0.4 is 0 Å². The molecule has 0 saturated carbocycles. The Hall–Kier alpha value is -2.24. The van der Waals surface area contributed by atoms with Crippen LogP contribution in [0, 0.1) is 0 Å². The molecule has 0 aromatic carbocycles. The van der Waals surface area contributed by atoms with E-state index < -0.39 is 11.9 Å². The molecular weight excluding hydrogens is 228 g/mol. The summed E-state index contributed by atoms with van der Waals surface area (Å²) in [5.74, 6) is -1.29. The molecular formula is C8H12N6O3. The smallest absolute Gasteiger partial charge is 0.313 e. The molecule has 0 rings (SSSR count). The quantitative estimate of drug-likeness (QED) is 0.160. The lowest BCUT2D eigenvalue weighted by atomic mass is 10.3. The van der Waals surface area contributed by atoms with E-state index in [4.69, 9.17) is 11.1 Å². The number of rotatable bonds is 8. The summed E-state index contributed by atoms with van der Waals surface area (Å²) in [5, 5.41) is 6.47. The second-order valence-electron chi connectivity index (χ2n) is 2.96. The maximum atomic E-state index is 11.0. The number of esters is 2. The molecule has 0 radical (unpaired) electrons. The first-order valence-corrected chi connectivity index (χ1v) is 4.96. The van der Waals surface area contributed by atoms with Gasteiger partial charge >= 0.3 is 11.9 Å². The highest BCUT2D eigenvalue weighted by atomic mass is 16.6. The summed E-state index contributed by atoms with van der Waals surface area (Å²) in [4.78, 5) is 27.1. The lowest BCUT2D eigenvalue weighted by Crippen LogP contribution is -2.12. The van der Waals surface area contributed by atoms with E-state index in [1.54, 1.807) is 0 Å². The molecule has 0 aromatic heterocycles. The minimum absolute atomic E-state index is 0.0289. The maximum Gasteiger partial charge on any atom is 0.313 e. The maximum absolute atomic E-state index is 11.0. The average molecular weight is 240 g/mol. The molecule has 0 spiro atoms. The van der Waals surface area contributed by atoms with Crippen LogP contribution in [0.4, 0.5) is 0 Å². The number of azide groups is 2. The monoisotopic (exact) mass is 240 g/mol. The number of carbonyl (C=O) groups excluding carboxylic acids is 2. The molecule has 17 heavy (non-hydrogen) atoms. The minimum Gasteiger partial charge on any atom is -0.393 e. The molecule has 0 aliphatic heterocycles. The van der Waals surface area contributed by atoms with Gasteiger partial charge in [0, 0.05) is 35.8 Å². The second-order valence-corrected chi connectivity index (χ2v) is 2.96. The fourth-order valence-corrected chi connectivity index (χ4v) is 0.907. The zero-order valence-electron chi connectivity index (χ0n) is 9.15. The van der Waals surface area contributed by atoms with Crippen LogP contribution in [0.25, 0.3) is 20.9 Å². The molecule has 0 fully saturated rings. The second kappa shape index (κ2) is 10.3. The van der Waals surface area contributed by atoms with Crippen molar-refractivity contribution in [2.45, 2.75) is 25.7 Å². The van der Waals surface area contributed by atoms with Crippen molar-refractivity contribution in [3.63, 3.8) is 0 Å². The Kier molecular flexibility index (Phi) is 8.93. The highest BCUT2D eigenvalue weighted by Crippen LogP contribution is 1.98. The van der Waals surface area contributed by atoms with E-state index in [1.807, 2.05) is 0 Å². The molecule has 0 aromatic rings. The Labute approximate surface area is 97.0 Å². The van der Waals surface area contributed by atoms with Gasteiger partial charge in [-0.25, -0.2) is 0 Å². The van der Waals surface area contributed by atoms with Crippen molar-refractivity contribution in [1.82, 2.24) is 0 Å². The van der Waals surface area contributed by atoms with Crippen molar-refractivity contribution in [3.05, 3.63) is 20.9 Å². The standard InChI is InChI=1S/C8H12N6O3/c9-13-11-5-1-3-7(15)17-8(16)4-2-6-12-14-10/h1-6H2. The molecule has 0 atom stereocenters. The molecule has 92 valence electrons. The van der Waals surface area contributed by atoms with Crippen LogP contribution in [0.15, 0.2) is 10.2 Å². The largest absolute Gasteiger partial charge is 0.393 e. The zero-order chi connectivity index (χ0) is 12.9. The van der Waals surface area contributed by atoms with E-state index in [9.17, 15) is 9.59 Å². The number of nitrogens with zero attached hydrogens (tertiary/aromatic N) is 6. The van der Waals surface area contributed by atoms with Gasteiger partial charge in [0.15, 0.2) is 0 Å². The van der Waals surface area contributed by atoms with Gasteiger partial charge in [0.25, 0.3) is 0 Å². The molecule has 0 aliphatic carbocycles. The van der Waals surface area contributed by atoms with Crippen LogP contribution >= 0.6 is 0 Å². The van der Waals surface area contributed by atoms with E-state index in [1.165, 1.54) is 0 Å². The highest BCUT2D eigenvalue weighted by Gasteiger charge is 2.09. The average Bonchev–Trinajstić information content (AvgIpc) is 2.30. The Balaban J connectivity index is 3.61. The molecule has 0 bridgehead atoms. The predicted octanol–water partition coefficient (Wildman–Crippen LogP) is 2.24. The first-order valence-electron chi connectivity index (χ1n) is 4.96. The van der Waals surface area contributed by atoms with Crippen molar-refractivity contribution < 1.29 is 14.3 Å². The van der Waals surface area contributed by atoms with Gasteiger partial charge in [-0.2, -0.15) is 0 Å². The number of ether oxygens (including phenoxy) is 1. The minimum atomic E-state index is -0.646. The molecule has 0 heterocycles. The number of hydrogen-bond acceptors (Lipinski definition) is 5. The Bertz CT molecular complexity index is 322. The number of carbonyl (C=O) groups is 2. The first kappa shape index (κ1) is 14.8. The molecule has 0 saturated heterocycles. The lowest BCUT2D eigenvalue weighted by Gasteiger charge is -2.00. The third kappa shape index (κ3) is 10.1. The topological polar surface area (TPSA) is 141 Å². The van der Waals surface area contributed by atoms with E-state index >= 15 is 0 Å². The predicted molar refractivity (Wildman–Crippen MR) is 57.6 cm³/mol. The summed E-state index contributed by atoms with van der Waals surface area (Å²) in [6.07, 6.45) is 0.742. The van der Waals surface area contributed by atoms with Crippen LogP contribution in [-0.2, 0) is 14.3 Å². The van der Waals surface area contributed by atoms with Gasteiger partial charge in [0.2, 0.25) is 0 Å². The van der Waals surface area contributed by atoms with Crippen LogP contribution in [0.1, 0.15) is 25.7 Å². The Morgan fingerprint density at radius 2 is 1.35 bits per heavy atom. The van der Waals surface area contributed by atoms with Gasteiger partial charge in [-0.05, 0) is 23.9 Å². The van der Waals surface area contributed by atoms with Gasteiger partial charge in [-0.1, -0.05) is 10.2 Å². The summed E-state index contributed by atoms with van der Waals surface area (Å²) in [6.45, 7) is 0.382. The van der Waals surface area contributed by atoms with E-state index in [0.29, 0.717) is 12.8 Å². The van der Waals surface area contributed by atoms with Crippen LogP contribution in [0.3, 0.4) is 0 Å². The lowest BCUT2D eigenvalue weighted by molar-refractivity contribution is -0.159. The van der Waals surface area contributed by atoms with Crippen LogP contribution in [-0.4, -0.2) is 25.0 Å². The summed E-state index contributed by atoms with van der Waals surface area (Å²) >= 11 is 0. The molecule has 0 amide bonds. The highest BCUT2D eigenvalue weighted by molar-refractivity contribution is 5.85. The number of hydrogen-bond donors (Lipinski definition) is 0. The SMILES string of the molecule is [N-]=[N+]=NCCCC(=O)OC(=O)CCCN=[N+]=[N-]. The van der Waals surface area contributed by atoms with Crippen molar-refractivity contribution in [2.24, 2.45) is 10.2 Å². The van der Waals surface area contributed by atoms with Crippen molar-refractivity contribution in [3.8, 4) is 0 Å². The molecule has 0 unspecified atom stereocenters. The molecule has 0 aliphatic rings. The molecule has 9 nitrogen and oxygen atoms in total. The van der Waals surface area contributed by atoms with Crippen molar-refractivity contribution >= 4 is 11.9 Å². The third-order valence-electron chi connectivity index (χ3n) is 1.63. The van der Waals surface area contributed by atoms with E-state index in [-0.39, 0.29) is 25.9 Å². The van der Waals surface area contributed by atoms with Gasteiger partial charge in [-0.3, -0.25) is 9.59 Å². The van der Waals surface area contributed by atoms with Crippen molar-refractivity contribution in [1.29, 1.82) is 0 Å². The van der Waals surface area contributed by atoms with Gasteiger partial charge in [0.1, 0.15) is 0 Å². The normalized spacial score (nSPS) is 8.71. The van der Waals surface area contributed by atoms with Crippen LogP contribution in [0.2, 0.25) is 0 Å². The fourth-order valence-electron chi connectivity index (χ4n) is 0.907. The van der Waals surface area contributed by atoms with Gasteiger partial charge < -0.3 is 4.74 Å². The van der Waals surface area contributed by atoms with Gasteiger partial charge in [0.05, 0.1) is 0 Å². The van der Waals surface area contributed by atoms with E-state index in [2.05, 4.69) is 24.8 Å². The van der Waals surface area contributed by atoms with Crippen LogP contribution in [0.5, 0.6) is 0 Å². The molecule has 0 N–H and O–H groups in total. The van der Waals surface area contributed by atoms with Crippen molar-refractivity contribution in [2.75, 3.05) is 13.1 Å². The summed E-state index contributed by atoms with van der Waals surface area (Å²) in [6, 6.07) is 0. The Morgan fingerprint density at radius 1 is 0.941 bits per heavy atom. The Morgan fingerprint density at radius 3 is 1.71 bits per heavy atom. The molecule has 9 heteroatoms. The summed E-state index contributed by atoms with van der Waals surface area (Å²) < 4.78 is 4.46. The third-order valence-corrected chi connectivity index (χ3v) is 1.63. The summed E-state index contributed by atoms with van der Waals surface area (Å²) in [5.41, 5.74) is 15.9. The van der Waals surface area contributed by atoms with E-state index in [0.717, 1.165) is 0 Å². The summed E-state index contributed by atoms with van der Waals surface area (Å²) in [7, 11) is 0.